The first-order valence-corrected chi connectivity index (χ1v) is 11.8. The Bertz CT molecular complexity index is 1020. The molecule has 3 N–H and O–H groups in total. The molecule has 14 heteroatoms. The Labute approximate surface area is 170 Å². The van der Waals surface area contributed by atoms with Crippen molar-refractivity contribution in [1.82, 2.24) is 14.7 Å². The van der Waals surface area contributed by atoms with E-state index in [4.69, 9.17) is 14.3 Å². The summed E-state index contributed by atoms with van der Waals surface area (Å²) in [6.07, 6.45) is 6.36. The number of aromatic nitrogens is 2. The van der Waals surface area contributed by atoms with E-state index in [2.05, 4.69) is 31.2 Å². The summed E-state index contributed by atoms with van der Waals surface area (Å²) >= 11 is 3.06. The van der Waals surface area contributed by atoms with Gasteiger partial charge in [-0.25, -0.2) is 26.9 Å². The van der Waals surface area contributed by atoms with E-state index < -0.39 is 34.7 Å². The Morgan fingerprint density at radius 3 is 2.29 bits per heavy atom. The first kappa shape index (κ1) is 22.1. The lowest BCUT2D eigenvalue weighted by molar-refractivity contribution is 0.256. The van der Waals surface area contributed by atoms with Crippen LogP contribution in [0.2, 0.25) is 0 Å². The van der Waals surface area contributed by atoms with Crippen LogP contribution >= 0.6 is 15.9 Å². The zero-order valence-electron chi connectivity index (χ0n) is 15.0. The highest BCUT2D eigenvalue weighted by Crippen LogP contribution is 2.37. The molecule has 1 heterocycles. The van der Waals surface area contributed by atoms with Crippen LogP contribution < -0.4 is 19.5 Å². The average Bonchev–Trinajstić information content (AvgIpc) is 2.59. The molecule has 0 saturated heterocycles. The first-order chi connectivity index (χ1) is 12.9. The number of halogens is 1. The van der Waals surface area contributed by atoms with E-state index in [-0.39, 0.29) is 17.7 Å². The van der Waals surface area contributed by atoms with Crippen LogP contribution in [0.15, 0.2) is 30.4 Å². The standard InChI is InChI=1S/C14H18BrN5O6S2/c1-25-10-8-11(26-2)18-12(17-10)19-13(21)20-28(16,24)9-6-4-5-7-14(9,15)27(3,22)23/h4-9H,1-3H3,(H3,16,17,18,19,20,21,24). The van der Waals surface area contributed by atoms with Gasteiger partial charge in [0.1, 0.15) is 15.2 Å². The molecule has 1 aliphatic carbocycles. The largest absolute Gasteiger partial charge is 0.481 e. The van der Waals surface area contributed by atoms with Crippen LogP contribution in [0, 0.1) is 4.78 Å². The molecule has 0 radical (unpaired) electrons. The van der Waals surface area contributed by atoms with Crippen LogP contribution in [0.25, 0.3) is 0 Å². The zero-order valence-corrected chi connectivity index (χ0v) is 18.2. The van der Waals surface area contributed by atoms with Crippen molar-refractivity contribution in [3.05, 3.63) is 30.4 Å². The number of ether oxygens (including phenoxy) is 2. The Balaban J connectivity index is 2.26. The molecular weight excluding hydrogens is 478 g/mol. The molecule has 0 aliphatic heterocycles. The second-order valence-electron chi connectivity index (χ2n) is 5.57. The molecule has 1 aromatic rings. The topological polar surface area (TPSA) is 160 Å². The van der Waals surface area contributed by atoms with Crippen molar-refractivity contribution in [2.45, 2.75) is 8.91 Å². The summed E-state index contributed by atoms with van der Waals surface area (Å²) in [6, 6.07) is 0.308. The molecule has 2 amide bonds. The fraction of sp³-hybridized carbons (Fsp3) is 0.357. The number of hydrogen-bond donors (Lipinski definition) is 3. The van der Waals surface area contributed by atoms with Gasteiger partial charge in [-0.2, -0.15) is 9.97 Å². The molecule has 11 nitrogen and oxygen atoms in total. The van der Waals surface area contributed by atoms with E-state index in [1.54, 1.807) is 0 Å². The molecule has 0 bridgehead atoms. The van der Waals surface area contributed by atoms with Gasteiger partial charge in [0.2, 0.25) is 17.7 Å². The SMILES string of the molecule is COc1cc(OC)nc(NC(=O)NS(=N)(=O)C2C=CC=CC2(Br)S(C)(=O)=O)n1. The van der Waals surface area contributed by atoms with Crippen LogP contribution in [-0.2, 0) is 19.8 Å². The number of nitrogens with zero attached hydrogens (tertiary/aromatic N) is 2. The van der Waals surface area contributed by atoms with E-state index in [9.17, 15) is 17.4 Å². The van der Waals surface area contributed by atoms with Gasteiger partial charge in [-0.05, 0) is 0 Å². The number of alkyl halides is 1. The highest BCUT2D eigenvalue weighted by atomic mass is 79.9. The smallest absolute Gasteiger partial charge is 0.334 e. The third-order valence-corrected chi connectivity index (χ3v) is 9.83. The maximum atomic E-state index is 12.9. The summed E-state index contributed by atoms with van der Waals surface area (Å²) in [7, 11) is -5.08. The number of urea groups is 1. The molecular formula is C14H18BrN5O6S2. The number of carbonyl (C=O) groups excluding carboxylic acids is 1. The van der Waals surface area contributed by atoms with Gasteiger partial charge in [0, 0.05) is 6.26 Å². The normalized spacial score (nSPS) is 23.5. The van der Waals surface area contributed by atoms with E-state index in [0.29, 0.717) is 0 Å². The second-order valence-corrected chi connectivity index (χ2v) is 11.5. The Kier molecular flexibility index (Phi) is 6.35. The Morgan fingerprint density at radius 1 is 1.21 bits per heavy atom. The van der Waals surface area contributed by atoms with Gasteiger partial charge in [0.25, 0.3) is 0 Å². The third kappa shape index (κ3) is 4.62. The molecule has 0 saturated carbocycles. The van der Waals surface area contributed by atoms with Crippen molar-refractivity contribution < 1.29 is 26.9 Å². The van der Waals surface area contributed by atoms with Crippen LogP contribution in [0.1, 0.15) is 0 Å². The summed E-state index contributed by atoms with van der Waals surface area (Å²) in [4.78, 5) is 20.0. The number of sulfone groups is 1. The number of nitrogens with one attached hydrogen (secondary N) is 3. The van der Waals surface area contributed by atoms with Crippen molar-refractivity contribution in [3.8, 4) is 11.8 Å². The van der Waals surface area contributed by atoms with Gasteiger partial charge in [-0.3, -0.25) is 5.32 Å². The Hall–Kier alpha value is -2.19. The Morgan fingerprint density at radius 2 is 1.79 bits per heavy atom. The minimum Gasteiger partial charge on any atom is -0.481 e. The number of amides is 2. The maximum absolute atomic E-state index is 12.9. The van der Waals surface area contributed by atoms with Crippen molar-refractivity contribution in [2.24, 2.45) is 0 Å². The average molecular weight is 496 g/mol. The van der Waals surface area contributed by atoms with Crippen LogP contribution in [0.4, 0.5) is 10.7 Å². The second kappa shape index (κ2) is 8.05. The van der Waals surface area contributed by atoms with Crippen LogP contribution in [-0.4, -0.2) is 58.0 Å². The molecule has 1 aliphatic rings. The third-order valence-electron chi connectivity index (χ3n) is 3.60. The number of rotatable bonds is 6. The van der Waals surface area contributed by atoms with Gasteiger partial charge in [0.15, 0.2) is 13.5 Å². The fourth-order valence-corrected chi connectivity index (χ4v) is 6.40. The van der Waals surface area contributed by atoms with Gasteiger partial charge < -0.3 is 9.47 Å². The molecule has 0 aromatic carbocycles. The summed E-state index contributed by atoms with van der Waals surface area (Å²) in [5.41, 5.74) is 0. The van der Waals surface area contributed by atoms with Crippen molar-refractivity contribution in [1.29, 1.82) is 4.78 Å². The van der Waals surface area contributed by atoms with Gasteiger partial charge in [-0.15, -0.1) is 0 Å². The molecule has 3 atom stereocenters. The van der Waals surface area contributed by atoms with E-state index in [0.717, 1.165) is 6.26 Å². The molecule has 2 rings (SSSR count). The highest BCUT2D eigenvalue weighted by molar-refractivity contribution is 9.11. The van der Waals surface area contributed by atoms with Crippen LogP contribution in [0.5, 0.6) is 11.8 Å². The van der Waals surface area contributed by atoms with Gasteiger partial charge in [0.05, 0.1) is 20.3 Å². The molecule has 1 aromatic heterocycles. The molecule has 0 fully saturated rings. The zero-order chi connectivity index (χ0) is 21.2. The summed E-state index contributed by atoms with van der Waals surface area (Å²) in [5, 5.41) is 0.831. The predicted octanol–water partition coefficient (Wildman–Crippen LogP) is 1.21. The number of hydrogen-bond acceptors (Lipinski definition) is 9. The monoisotopic (exact) mass is 495 g/mol. The molecule has 154 valence electrons. The number of methoxy groups -OCH3 is 2. The lowest BCUT2D eigenvalue weighted by atomic mass is 10.2. The predicted molar refractivity (Wildman–Crippen MR) is 107 cm³/mol. The summed E-state index contributed by atoms with van der Waals surface area (Å²) in [6.45, 7) is 0. The van der Waals surface area contributed by atoms with Gasteiger partial charge >= 0.3 is 6.03 Å². The summed E-state index contributed by atoms with van der Waals surface area (Å²) < 4.78 is 55.4. The number of carbonyl (C=O) groups is 1. The van der Waals surface area contributed by atoms with E-state index in [1.165, 1.54) is 44.6 Å². The minimum absolute atomic E-state index is 0.102. The van der Waals surface area contributed by atoms with Crippen molar-refractivity contribution in [3.63, 3.8) is 0 Å². The summed E-state index contributed by atoms with van der Waals surface area (Å²) in [5.74, 6) is -0.0208. The van der Waals surface area contributed by atoms with E-state index in [1.807, 2.05) is 4.72 Å². The fourth-order valence-electron chi connectivity index (χ4n) is 2.25. The number of allylic oxidation sites excluding steroid dienone is 2. The van der Waals surface area contributed by atoms with Crippen molar-refractivity contribution in [2.75, 3.05) is 25.8 Å². The first-order valence-electron chi connectivity index (χ1n) is 7.51. The maximum Gasteiger partial charge on any atom is 0.334 e. The van der Waals surface area contributed by atoms with Crippen molar-refractivity contribution >= 4 is 47.7 Å². The lowest BCUT2D eigenvalue weighted by Crippen LogP contribution is -2.51. The molecule has 28 heavy (non-hydrogen) atoms. The van der Waals surface area contributed by atoms with Gasteiger partial charge in [-0.1, -0.05) is 40.2 Å². The van der Waals surface area contributed by atoms with Crippen LogP contribution in [0.3, 0.4) is 0 Å². The number of anilines is 1. The quantitative estimate of drug-likeness (QED) is 0.496. The molecule has 0 spiro atoms. The lowest BCUT2D eigenvalue weighted by Gasteiger charge is -2.32. The minimum atomic E-state index is -3.97. The molecule has 3 unspecified atom stereocenters. The highest BCUT2D eigenvalue weighted by Gasteiger charge is 2.48. The van der Waals surface area contributed by atoms with E-state index >= 15 is 0 Å².